The molecule has 0 radical (unpaired) electrons. The van der Waals surface area contributed by atoms with Crippen molar-refractivity contribution in [1.29, 1.82) is 0 Å². The van der Waals surface area contributed by atoms with Gasteiger partial charge in [-0.05, 0) is 38.0 Å². The lowest BCUT2D eigenvalue weighted by Gasteiger charge is -2.38. The van der Waals surface area contributed by atoms with Crippen LogP contribution >= 0.6 is 0 Å². The molecule has 1 fully saturated rings. The monoisotopic (exact) mass is 413 g/mol. The van der Waals surface area contributed by atoms with Gasteiger partial charge >= 0.3 is 0 Å². The number of aryl methyl sites for hydroxylation is 1. The minimum absolute atomic E-state index is 0.00534. The van der Waals surface area contributed by atoms with Crippen molar-refractivity contribution in [2.24, 2.45) is 0 Å². The Morgan fingerprint density at radius 1 is 1.23 bits per heavy atom. The van der Waals surface area contributed by atoms with Crippen molar-refractivity contribution in [2.45, 2.75) is 51.2 Å². The number of hydrogen-bond acceptors (Lipinski definition) is 6. The molecule has 1 N–H and O–H groups in total. The van der Waals surface area contributed by atoms with Gasteiger partial charge < -0.3 is 19.7 Å². The van der Waals surface area contributed by atoms with Gasteiger partial charge in [0.2, 0.25) is 5.91 Å². The molecule has 3 aliphatic heterocycles. The minimum Gasteiger partial charge on any atom is -0.493 e. The van der Waals surface area contributed by atoms with E-state index in [9.17, 15) is 9.59 Å². The van der Waals surface area contributed by atoms with E-state index in [1.807, 2.05) is 18.0 Å². The number of ether oxygens (including phenoxy) is 2. The maximum absolute atomic E-state index is 13.1. The van der Waals surface area contributed by atoms with Crippen LogP contribution < -0.4 is 14.8 Å². The van der Waals surface area contributed by atoms with Crippen LogP contribution in [0, 0.1) is 0 Å². The fourth-order valence-corrected chi connectivity index (χ4v) is 4.05. The molecule has 1 saturated heterocycles. The lowest BCUT2D eigenvalue weighted by molar-refractivity contribution is -0.122. The number of fused-ring (bicyclic) bond motifs is 7. The van der Waals surface area contributed by atoms with Gasteiger partial charge in [-0.1, -0.05) is 5.21 Å². The maximum Gasteiger partial charge on any atom is 0.254 e. The Morgan fingerprint density at radius 2 is 2.10 bits per heavy atom. The fourth-order valence-electron chi connectivity index (χ4n) is 4.05. The van der Waals surface area contributed by atoms with Crippen molar-refractivity contribution >= 4 is 11.8 Å². The number of nitrogens with one attached hydrogen (secondary N) is 1. The van der Waals surface area contributed by atoms with Crippen LogP contribution in [-0.2, 0) is 17.8 Å². The zero-order chi connectivity index (χ0) is 21.1. The van der Waals surface area contributed by atoms with Crippen LogP contribution in [0.5, 0.6) is 11.5 Å². The highest BCUT2D eigenvalue weighted by molar-refractivity contribution is 5.95. The largest absolute Gasteiger partial charge is 0.493 e. The first-order valence-corrected chi connectivity index (χ1v) is 10.3. The average molecular weight is 413 g/mol. The number of amides is 2. The van der Waals surface area contributed by atoms with Crippen molar-refractivity contribution in [1.82, 2.24) is 25.2 Å². The third-order valence-corrected chi connectivity index (χ3v) is 5.68. The summed E-state index contributed by atoms with van der Waals surface area (Å²) in [5, 5.41) is 11.3. The van der Waals surface area contributed by atoms with Gasteiger partial charge in [0.1, 0.15) is 6.61 Å². The second-order valence-electron chi connectivity index (χ2n) is 7.82. The Hall–Kier alpha value is -3.10. The van der Waals surface area contributed by atoms with Gasteiger partial charge in [-0.25, -0.2) is 4.68 Å². The third-order valence-electron chi connectivity index (χ3n) is 5.68. The molecule has 4 heterocycles. The van der Waals surface area contributed by atoms with E-state index in [1.165, 1.54) is 0 Å². The van der Waals surface area contributed by atoms with Crippen LogP contribution in [0.25, 0.3) is 0 Å². The van der Waals surface area contributed by atoms with Gasteiger partial charge in [-0.15, -0.1) is 5.10 Å². The van der Waals surface area contributed by atoms with Crippen LogP contribution in [0.4, 0.5) is 0 Å². The zero-order valence-corrected chi connectivity index (χ0v) is 17.3. The highest BCUT2D eigenvalue weighted by atomic mass is 16.5. The van der Waals surface area contributed by atoms with Crippen LogP contribution in [0.15, 0.2) is 24.4 Å². The van der Waals surface area contributed by atoms with Gasteiger partial charge in [0.25, 0.3) is 5.91 Å². The topological polar surface area (TPSA) is 98.6 Å². The Bertz CT molecular complexity index is 928. The number of piperidine rings is 1. The summed E-state index contributed by atoms with van der Waals surface area (Å²) in [6.07, 6.45) is 4.20. The lowest BCUT2D eigenvalue weighted by Crippen LogP contribution is -2.50. The highest BCUT2D eigenvalue weighted by Crippen LogP contribution is 2.30. The number of aromatic nitrogens is 3. The molecular weight excluding hydrogens is 386 g/mol. The molecule has 6 bridgehead atoms. The van der Waals surface area contributed by atoms with Crippen LogP contribution in [0.3, 0.4) is 0 Å². The van der Waals surface area contributed by atoms with Crippen molar-refractivity contribution in [3.63, 3.8) is 0 Å². The molecule has 9 heteroatoms. The molecule has 0 spiro atoms. The first-order valence-electron chi connectivity index (χ1n) is 10.3. The van der Waals surface area contributed by atoms with E-state index in [4.69, 9.17) is 9.47 Å². The van der Waals surface area contributed by atoms with Crippen molar-refractivity contribution in [3.05, 3.63) is 35.7 Å². The van der Waals surface area contributed by atoms with E-state index in [1.54, 1.807) is 30.0 Å². The van der Waals surface area contributed by atoms with E-state index in [-0.39, 0.29) is 23.9 Å². The molecule has 1 aromatic heterocycles. The summed E-state index contributed by atoms with van der Waals surface area (Å²) in [7, 11) is 1.58. The van der Waals surface area contributed by atoms with Gasteiger partial charge in [-0.2, -0.15) is 0 Å². The second kappa shape index (κ2) is 8.73. The first kappa shape index (κ1) is 20.2. The number of nitrogens with zero attached hydrogens (tertiary/aromatic N) is 4. The van der Waals surface area contributed by atoms with Gasteiger partial charge in [0.05, 0.1) is 19.3 Å². The molecule has 3 aliphatic rings. The minimum atomic E-state index is -0.0400. The quantitative estimate of drug-likeness (QED) is 0.759. The summed E-state index contributed by atoms with van der Waals surface area (Å²) in [5.41, 5.74) is 1.34. The molecule has 0 saturated carbocycles. The second-order valence-corrected chi connectivity index (χ2v) is 7.82. The molecule has 5 rings (SSSR count). The highest BCUT2D eigenvalue weighted by Gasteiger charge is 2.30. The van der Waals surface area contributed by atoms with Crippen molar-refractivity contribution in [3.8, 4) is 11.5 Å². The molecule has 0 unspecified atom stereocenters. The number of benzene rings is 1. The molecular formula is C21H27N5O4. The Kier molecular flexibility index (Phi) is 5.87. The zero-order valence-electron chi connectivity index (χ0n) is 17.3. The lowest BCUT2D eigenvalue weighted by atomic mass is 9.97. The molecule has 30 heavy (non-hydrogen) atoms. The molecule has 160 valence electrons. The summed E-state index contributed by atoms with van der Waals surface area (Å²) < 4.78 is 13.0. The number of carbonyl (C=O) groups excluding carboxylic acids is 2. The SMILES string of the molecule is COc1ccc2cc1OCCn1cc(nn1)CCC(=O)N[C@@H]1CCN(C2=O)[C@H](C)C1. The van der Waals surface area contributed by atoms with E-state index in [0.29, 0.717) is 49.6 Å². The summed E-state index contributed by atoms with van der Waals surface area (Å²) in [4.78, 5) is 27.4. The first-order chi connectivity index (χ1) is 14.5. The standard InChI is InChI=1S/C21H27N5O4/c1-14-11-16-7-8-26(14)21(28)15-3-5-18(29-2)19(12-15)30-10-9-25-13-17(23-24-25)4-6-20(27)22-16/h3,5,12-14,16H,4,6-11H2,1-2H3,(H,22,27)/t14-,16-/m1/s1. The van der Waals surface area contributed by atoms with Crippen LogP contribution in [0.1, 0.15) is 42.2 Å². The average Bonchev–Trinajstić information content (AvgIpc) is 3.19. The summed E-state index contributed by atoms with van der Waals surface area (Å²) in [5.74, 6) is 1.07. The molecule has 9 nitrogen and oxygen atoms in total. The summed E-state index contributed by atoms with van der Waals surface area (Å²) in [6, 6.07) is 5.35. The van der Waals surface area contributed by atoms with Gasteiger partial charge in [-0.3, -0.25) is 9.59 Å². The maximum atomic E-state index is 13.1. The van der Waals surface area contributed by atoms with Gasteiger partial charge in [0, 0.05) is 43.2 Å². The molecule has 2 aromatic rings. The van der Waals surface area contributed by atoms with E-state index in [2.05, 4.69) is 15.6 Å². The van der Waals surface area contributed by atoms with Crippen LogP contribution in [-0.4, -0.2) is 64.1 Å². The van der Waals surface area contributed by atoms with Crippen LogP contribution in [0.2, 0.25) is 0 Å². The van der Waals surface area contributed by atoms with E-state index in [0.717, 1.165) is 18.5 Å². The fraction of sp³-hybridized carbons (Fsp3) is 0.524. The van der Waals surface area contributed by atoms with Crippen molar-refractivity contribution in [2.75, 3.05) is 20.3 Å². The molecule has 1 aromatic carbocycles. The smallest absolute Gasteiger partial charge is 0.254 e. The predicted molar refractivity (Wildman–Crippen MR) is 108 cm³/mol. The Balaban J connectivity index is 1.60. The number of rotatable bonds is 1. The molecule has 2 atom stereocenters. The number of carbonyl (C=O) groups is 2. The van der Waals surface area contributed by atoms with E-state index < -0.39 is 0 Å². The molecule has 2 amide bonds. The van der Waals surface area contributed by atoms with Crippen molar-refractivity contribution < 1.29 is 19.1 Å². The summed E-state index contributed by atoms with van der Waals surface area (Å²) in [6.45, 7) is 3.46. The van der Waals surface area contributed by atoms with E-state index >= 15 is 0 Å². The third kappa shape index (κ3) is 4.39. The normalized spacial score (nSPS) is 22.7. The Morgan fingerprint density at radius 3 is 2.90 bits per heavy atom. The number of methoxy groups -OCH3 is 1. The Labute approximate surface area is 175 Å². The number of hydrogen-bond donors (Lipinski definition) is 1. The van der Waals surface area contributed by atoms with Gasteiger partial charge in [0.15, 0.2) is 11.5 Å². The molecule has 0 aliphatic carbocycles. The predicted octanol–water partition coefficient (Wildman–Crippen LogP) is 1.42. The summed E-state index contributed by atoms with van der Waals surface area (Å²) >= 11 is 0.